The Morgan fingerprint density at radius 2 is 2.04 bits per heavy atom. The van der Waals surface area contributed by atoms with E-state index in [9.17, 15) is 0 Å². The third-order valence-corrected chi connectivity index (χ3v) is 6.11. The molecular weight excluding hydrogens is 346 g/mol. The lowest BCUT2D eigenvalue weighted by Crippen LogP contribution is -2.41. The third-order valence-electron chi connectivity index (χ3n) is 4.67. The Balaban J connectivity index is 2.11. The first-order valence-corrected chi connectivity index (χ1v) is 10.5. The minimum absolute atomic E-state index is 0.207. The van der Waals surface area contributed by atoms with Gasteiger partial charge in [-0.3, -0.25) is 4.99 Å². The van der Waals surface area contributed by atoms with Crippen molar-refractivity contribution in [1.29, 1.82) is 0 Å². The van der Waals surface area contributed by atoms with Gasteiger partial charge < -0.3 is 19.7 Å². The summed E-state index contributed by atoms with van der Waals surface area (Å²) in [6.07, 6.45) is 2.15. The van der Waals surface area contributed by atoms with Crippen molar-refractivity contribution in [3.05, 3.63) is 29.8 Å². The van der Waals surface area contributed by atoms with E-state index in [0.29, 0.717) is 0 Å². The molecule has 146 valence electrons. The highest BCUT2D eigenvalue weighted by Gasteiger charge is 2.32. The van der Waals surface area contributed by atoms with Gasteiger partial charge in [0.05, 0.1) is 13.7 Å². The van der Waals surface area contributed by atoms with Crippen LogP contribution < -0.4 is 10.1 Å². The molecule has 1 aliphatic rings. The molecule has 1 fully saturated rings. The van der Waals surface area contributed by atoms with Crippen molar-refractivity contribution < 1.29 is 9.47 Å². The highest BCUT2D eigenvalue weighted by atomic mass is 32.2. The zero-order valence-corrected chi connectivity index (χ0v) is 17.4. The quantitative estimate of drug-likeness (QED) is 0.554. The van der Waals surface area contributed by atoms with E-state index in [0.717, 1.165) is 68.7 Å². The smallest absolute Gasteiger partial charge is 0.194 e. The average Bonchev–Trinajstić information content (AvgIpc) is 2.66. The molecule has 0 bridgehead atoms. The van der Waals surface area contributed by atoms with Gasteiger partial charge in [-0.1, -0.05) is 25.1 Å². The van der Waals surface area contributed by atoms with E-state index >= 15 is 0 Å². The molecule has 0 saturated carbocycles. The van der Waals surface area contributed by atoms with Crippen molar-refractivity contribution in [3.8, 4) is 5.75 Å². The highest BCUT2D eigenvalue weighted by Crippen LogP contribution is 2.35. The van der Waals surface area contributed by atoms with Gasteiger partial charge in [0.2, 0.25) is 0 Å². The monoisotopic (exact) mass is 379 g/mol. The molecule has 1 saturated heterocycles. The van der Waals surface area contributed by atoms with Crippen LogP contribution in [0.5, 0.6) is 5.75 Å². The third kappa shape index (κ3) is 5.81. The fraction of sp³-hybridized carbons (Fsp3) is 0.650. The van der Waals surface area contributed by atoms with Crippen molar-refractivity contribution in [3.63, 3.8) is 0 Å². The molecule has 1 aromatic carbocycles. The van der Waals surface area contributed by atoms with Crippen molar-refractivity contribution in [2.24, 2.45) is 4.99 Å². The maximum absolute atomic E-state index is 5.58. The average molecular weight is 380 g/mol. The summed E-state index contributed by atoms with van der Waals surface area (Å²) in [7, 11) is 3.80. The Hall–Kier alpha value is -1.40. The summed E-state index contributed by atoms with van der Waals surface area (Å²) in [5, 5.41) is 3.43. The molecule has 0 spiro atoms. The van der Waals surface area contributed by atoms with Crippen molar-refractivity contribution in [2.45, 2.75) is 38.0 Å². The van der Waals surface area contributed by atoms with Crippen LogP contribution in [-0.4, -0.2) is 61.8 Å². The first-order valence-electron chi connectivity index (χ1n) is 9.47. The molecule has 1 aromatic rings. The highest BCUT2D eigenvalue weighted by molar-refractivity contribution is 8.00. The number of rotatable bonds is 8. The molecule has 5 nitrogen and oxygen atoms in total. The van der Waals surface area contributed by atoms with Gasteiger partial charge in [-0.15, -0.1) is 0 Å². The molecule has 2 rings (SSSR count). The standard InChI is InChI=1S/C20H33N3O2S/c1-5-21-19(22-16-20(26-6-2)11-13-25-14-12-20)23(3)15-17-9-7-8-10-18(17)24-4/h7-10H,5-6,11-16H2,1-4H3,(H,21,22). The van der Waals surface area contributed by atoms with Crippen LogP contribution >= 0.6 is 11.8 Å². The van der Waals surface area contributed by atoms with E-state index in [2.05, 4.69) is 37.2 Å². The van der Waals surface area contributed by atoms with Crippen LogP contribution in [0, 0.1) is 0 Å². The fourth-order valence-corrected chi connectivity index (χ4v) is 4.47. The summed E-state index contributed by atoms with van der Waals surface area (Å²) in [4.78, 5) is 7.17. The number of ether oxygens (including phenoxy) is 2. The van der Waals surface area contributed by atoms with Gasteiger partial charge in [-0.05, 0) is 31.6 Å². The molecule has 0 amide bonds. The Labute approximate surface area is 162 Å². The zero-order chi connectivity index (χ0) is 18.8. The molecule has 1 aliphatic heterocycles. The van der Waals surface area contributed by atoms with Crippen LogP contribution in [0.15, 0.2) is 29.3 Å². The van der Waals surface area contributed by atoms with Crippen LogP contribution in [0.1, 0.15) is 32.3 Å². The molecule has 1 N–H and O–H groups in total. The van der Waals surface area contributed by atoms with E-state index in [1.807, 2.05) is 30.0 Å². The van der Waals surface area contributed by atoms with Gasteiger partial charge in [0.25, 0.3) is 0 Å². The van der Waals surface area contributed by atoms with Crippen molar-refractivity contribution in [2.75, 3.05) is 46.2 Å². The summed E-state index contributed by atoms with van der Waals surface area (Å²) >= 11 is 2.03. The lowest BCUT2D eigenvalue weighted by molar-refractivity contribution is 0.0793. The van der Waals surface area contributed by atoms with Gasteiger partial charge in [0, 0.05) is 43.7 Å². The molecule has 0 atom stereocenters. The molecule has 0 radical (unpaired) electrons. The molecule has 0 aromatic heterocycles. The van der Waals surface area contributed by atoms with Crippen LogP contribution in [0.3, 0.4) is 0 Å². The zero-order valence-electron chi connectivity index (χ0n) is 16.6. The second kappa shape index (κ2) is 10.7. The number of aliphatic imine (C=N–C) groups is 1. The van der Waals surface area contributed by atoms with Gasteiger partial charge >= 0.3 is 0 Å². The summed E-state index contributed by atoms with van der Waals surface area (Å²) in [5.41, 5.74) is 1.16. The number of hydrogen-bond acceptors (Lipinski definition) is 4. The fourth-order valence-electron chi connectivity index (χ4n) is 3.25. The Kier molecular flexibility index (Phi) is 8.59. The number of para-hydroxylation sites is 1. The maximum atomic E-state index is 5.58. The van der Waals surface area contributed by atoms with Crippen LogP contribution in [0.2, 0.25) is 0 Å². The minimum atomic E-state index is 0.207. The largest absolute Gasteiger partial charge is 0.496 e. The number of methoxy groups -OCH3 is 1. The molecule has 0 unspecified atom stereocenters. The van der Waals surface area contributed by atoms with Crippen LogP contribution in [0.4, 0.5) is 0 Å². The minimum Gasteiger partial charge on any atom is -0.496 e. The molecule has 1 heterocycles. The van der Waals surface area contributed by atoms with E-state index in [-0.39, 0.29) is 4.75 Å². The Bertz CT molecular complexity index is 568. The lowest BCUT2D eigenvalue weighted by atomic mass is 9.99. The number of hydrogen-bond donors (Lipinski definition) is 1. The van der Waals surface area contributed by atoms with Gasteiger partial charge in [0.1, 0.15) is 5.75 Å². The molecular formula is C20H33N3O2S. The molecule has 6 heteroatoms. The van der Waals surface area contributed by atoms with Crippen molar-refractivity contribution >= 4 is 17.7 Å². The molecule has 26 heavy (non-hydrogen) atoms. The maximum Gasteiger partial charge on any atom is 0.194 e. The summed E-state index contributed by atoms with van der Waals surface area (Å²) < 4.78 is 11.3. The lowest BCUT2D eigenvalue weighted by Gasteiger charge is -2.35. The SMILES string of the molecule is CCNC(=NCC1(SCC)CCOCC1)N(C)Cc1ccccc1OC. The van der Waals surface area contributed by atoms with E-state index in [1.54, 1.807) is 7.11 Å². The van der Waals surface area contributed by atoms with E-state index in [1.165, 1.54) is 0 Å². The summed E-state index contributed by atoms with van der Waals surface area (Å²) in [6.45, 7) is 8.46. The first-order chi connectivity index (χ1) is 12.6. The van der Waals surface area contributed by atoms with Crippen LogP contribution in [-0.2, 0) is 11.3 Å². The Morgan fingerprint density at radius 1 is 1.31 bits per heavy atom. The van der Waals surface area contributed by atoms with E-state index < -0.39 is 0 Å². The number of benzene rings is 1. The topological polar surface area (TPSA) is 46.1 Å². The molecule has 0 aliphatic carbocycles. The summed E-state index contributed by atoms with van der Waals surface area (Å²) in [6, 6.07) is 8.15. The number of nitrogens with zero attached hydrogens (tertiary/aromatic N) is 2. The van der Waals surface area contributed by atoms with E-state index in [4.69, 9.17) is 14.5 Å². The van der Waals surface area contributed by atoms with Gasteiger partial charge in [0.15, 0.2) is 5.96 Å². The number of thioether (sulfide) groups is 1. The number of guanidine groups is 1. The van der Waals surface area contributed by atoms with Gasteiger partial charge in [-0.2, -0.15) is 11.8 Å². The summed E-state index contributed by atoms with van der Waals surface area (Å²) in [5.74, 6) is 2.97. The van der Waals surface area contributed by atoms with Crippen LogP contribution in [0.25, 0.3) is 0 Å². The Morgan fingerprint density at radius 3 is 2.69 bits per heavy atom. The predicted molar refractivity (Wildman–Crippen MR) is 111 cm³/mol. The second-order valence-corrected chi connectivity index (χ2v) is 8.30. The number of nitrogens with one attached hydrogen (secondary N) is 1. The second-order valence-electron chi connectivity index (χ2n) is 6.57. The normalized spacial score (nSPS) is 17.0. The predicted octanol–water partition coefficient (Wildman–Crippen LogP) is 3.39. The van der Waals surface area contributed by atoms with Gasteiger partial charge in [-0.25, -0.2) is 0 Å². The van der Waals surface area contributed by atoms with Crippen molar-refractivity contribution in [1.82, 2.24) is 10.2 Å². The first kappa shape index (κ1) is 20.9.